The van der Waals surface area contributed by atoms with Crippen molar-refractivity contribution in [1.82, 2.24) is 19.8 Å². The molecule has 6 rings (SSSR count). The van der Waals surface area contributed by atoms with Gasteiger partial charge in [0.15, 0.2) is 0 Å². The van der Waals surface area contributed by atoms with Crippen molar-refractivity contribution in [3.63, 3.8) is 0 Å². The number of nitrogens with zero attached hydrogens (tertiary/aromatic N) is 6. The molecule has 2 aromatic rings. The van der Waals surface area contributed by atoms with Gasteiger partial charge < -0.3 is 30.1 Å². The van der Waals surface area contributed by atoms with Crippen LogP contribution in [-0.4, -0.2) is 84.6 Å². The van der Waals surface area contributed by atoms with E-state index in [4.69, 9.17) is 20.4 Å². The van der Waals surface area contributed by atoms with Crippen LogP contribution in [0.1, 0.15) is 36.9 Å². The van der Waals surface area contributed by atoms with Gasteiger partial charge in [-0.25, -0.2) is 4.39 Å². The lowest BCUT2D eigenvalue weighted by Gasteiger charge is -2.41. The highest BCUT2D eigenvalue weighted by molar-refractivity contribution is 5.87. The highest BCUT2D eigenvalue weighted by Gasteiger charge is 2.53. The summed E-state index contributed by atoms with van der Waals surface area (Å²) >= 11 is 0. The summed E-state index contributed by atoms with van der Waals surface area (Å²) in [7, 11) is 2.12. The molecule has 1 amide bonds. The molecular weight excluding hydrogens is 485 g/mol. The zero-order valence-electron chi connectivity index (χ0n) is 22.0. The molecule has 0 unspecified atom stereocenters. The number of hydrogen-bond donors (Lipinski definition) is 1. The van der Waals surface area contributed by atoms with E-state index < -0.39 is 0 Å². The van der Waals surface area contributed by atoms with Gasteiger partial charge >= 0.3 is 6.01 Å². The van der Waals surface area contributed by atoms with Gasteiger partial charge in [-0.05, 0) is 57.5 Å². The fourth-order valence-corrected chi connectivity index (χ4v) is 6.32. The summed E-state index contributed by atoms with van der Waals surface area (Å²) in [6.07, 6.45) is 5.61. The Labute approximate surface area is 223 Å². The van der Waals surface area contributed by atoms with Crippen molar-refractivity contribution >= 4 is 23.1 Å². The van der Waals surface area contributed by atoms with Crippen molar-refractivity contribution in [2.45, 2.75) is 43.7 Å². The van der Waals surface area contributed by atoms with E-state index >= 15 is 0 Å². The van der Waals surface area contributed by atoms with Crippen LogP contribution in [0.25, 0.3) is 0 Å². The van der Waals surface area contributed by atoms with Crippen molar-refractivity contribution in [3.8, 4) is 6.01 Å². The molecule has 1 aromatic heterocycles. The minimum absolute atomic E-state index is 0.0455. The quantitative estimate of drug-likeness (QED) is 0.458. The molecule has 4 aliphatic rings. The van der Waals surface area contributed by atoms with E-state index in [9.17, 15) is 9.18 Å². The lowest BCUT2D eigenvalue weighted by molar-refractivity contribution is -0.126. The number of hydrogen-bond acceptors (Lipinski definition) is 8. The number of benzene rings is 1. The molecule has 1 saturated carbocycles. The Morgan fingerprint density at radius 1 is 1.21 bits per heavy atom. The van der Waals surface area contributed by atoms with E-state index in [1.807, 2.05) is 9.80 Å². The largest absolute Gasteiger partial charge is 0.462 e. The molecule has 3 fully saturated rings. The van der Waals surface area contributed by atoms with Gasteiger partial charge in [0.2, 0.25) is 5.91 Å². The van der Waals surface area contributed by atoms with Gasteiger partial charge in [-0.2, -0.15) is 9.97 Å². The van der Waals surface area contributed by atoms with Crippen LogP contribution in [0.5, 0.6) is 6.01 Å². The van der Waals surface area contributed by atoms with Crippen LogP contribution < -0.4 is 20.3 Å². The first kappa shape index (κ1) is 24.9. The van der Waals surface area contributed by atoms with Crippen LogP contribution in [0, 0.1) is 5.82 Å². The Hall–Kier alpha value is -3.40. The van der Waals surface area contributed by atoms with Gasteiger partial charge in [0.1, 0.15) is 18.2 Å². The van der Waals surface area contributed by atoms with Crippen LogP contribution in [0.3, 0.4) is 0 Å². The fourth-order valence-electron chi connectivity index (χ4n) is 6.32. The standard InChI is InChI=1S/C28H36FN7O2/c1-3-23(37)34-12-14-35(15-13-34)26-24-22(31-27(32-26)38-17-19-6-5-11-33(19)2)16-36(18-28(24)9-10-28)25-20(29)7-4-8-21(25)30/h3-4,7-8,19H,1,5-6,9-18,30H2,2H3/t19-/m0/s1. The lowest BCUT2D eigenvalue weighted by atomic mass is 9.89. The maximum absolute atomic E-state index is 15.0. The van der Waals surface area contributed by atoms with Gasteiger partial charge in [0, 0.05) is 49.7 Å². The van der Waals surface area contributed by atoms with Gasteiger partial charge in [0.05, 0.1) is 23.6 Å². The molecule has 1 atom stereocenters. The van der Waals surface area contributed by atoms with Crippen molar-refractivity contribution in [2.75, 3.05) is 68.5 Å². The molecule has 202 valence electrons. The Morgan fingerprint density at radius 2 is 2.00 bits per heavy atom. The van der Waals surface area contributed by atoms with Crippen LogP contribution in [0.4, 0.5) is 21.6 Å². The van der Waals surface area contributed by atoms with Crippen LogP contribution in [0.2, 0.25) is 0 Å². The molecule has 1 aromatic carbocycles. The summed E-state index contributed by atoms with van der Waals surface area (Å²) in [6, 6.07) is 5.55. The summed E-state index contributed by atoms with van der Waals surface area (Å²) < 4.78 is 21.2. The topological polar surface area (TPSA) is 91.1 Å². The maximum atomic E-state index is 15.0. The number of aromatic nitrogens is 2. The third kappa shape index (κ3) is 4.44. The number of carbonyl (C=O) groups is 1. The first-order valence-corrected chi connectivity index (χ1v) is 13.6. The summed E-state index contributed by atoms with van der Waals surface area (Å²) in [4.78, 5) is 30.5. The summed E-state index contributed by atoms with van der Waals surface area (Å²) in [5.41, 5.74) is 9.00. The minimum atomic E-state index is -0.317. The van der Waals surface area contributed by atoms with Crippen molar-refractivity contribution in [1.29, 1.82) is 0 Å². The Morgan fingerprint density at radius 3 is 2.66 bits per heavy atom. The zero-order valence-corrected chi connectivity index (χ0v) is 22.0. The monoisotopic (exact) mass is 521 g/mol. The number of ether oxygens (including phenoxy) is 1. The summed E-state index contributed by atoms with van der Waals surface area (Å²) in [6.45, 7) is 8.90. The average Bonchev–Trinajstić information content (AvgIpc) is 3.55. The predicted molar refractivity (Wildman–Crippen MR) is 145 cm³/mol. The zero-order chi connectivity index (χ0) is 26.4. The van der Waals surface area contributed by atoms with Gasteiger partial charge in [-0.15, -0.1) is 0 Å². The highest BCUT2D eigenvalue weighted by Crippen LogP contribution is 2.56. The fraction of sp³-hybridized carbons (Fsp3) is 0.536. The number of piperazine rings is 1. The van der Waals surface area contributed by atoms with E-state index in [2.05, 4.69) is 23.4 Å². The Bertz CT molecular complexity index is 1220. The Kier molecular flexibility index (Phi) is 6.37. The van der Waals surface area contributed by atoms with Crippen molar-refractivity contribution in [2.24, 2.45) is 0 Å². The second kappa shape index (κ2) is 9.72. The minimum Gasteiger partial charge on any atom is -0.462 e. The molecule has 38 heavy (non-hydrogen) atoms. The van der Waals surface area contributed by atoms with Crippen LogP contribution >= 0.6 is 0 Å². The molecule has 0 bridgehead atoms. The summed E-state index contributed by atoms with van der Waals surface area (Å²) in [5, 5.41) is 0. The number of halogens is 1. The van der Waals surface area contributed by atoms with Crippen LogP contribution in [-0.2, 0) is 16.8 Å². The molecular formula is C28H36FN7O2. The number of fused-ring (bicyclic) bond motifs is 2. The number of rotatable bonds is 6. The van der Waals surface area contributed by atoms with E-state index in [1.165, 1.54) is 12.1 Å². The van der Waals surface area contributed by atoms with E-state index in [1.54, 1.807) is 12.1 Å². The number of likely N-dealkylation sites (tertiary alicyclic amines) is 1. The summed E-state index contributed by atoms with van der Waals surface area (Å²) in [5.74, 6) is 0.535. The predicted octanol–water partition coefficient (Wildman–Crippen LogP) is 2.56. The SMILES string of the molecule is C=CC(=O)N1CCN(c2nc(OC[C@@H]3CCCN3C)nc3c2C2(CC2)CN(c2c(N)cccc2F)C3)CC1. The molecule has 9 nitrogen and oxygen atoms in total. The number of amides is 1. The van der Waals surface area contributed by atoms with Gasteiger partial charge in [-0.3, -0.25) is 4.79 Å². The van der Waals surface area contributed by atoms with Crippen molar-refractivity contribution in [3.05, 3.63) is 47.9 Å². The normalized spacial score (nSPS) is 22.5. The lowest BCUT2D eigenvalue weighted by Crippen LogP contribution is -2.50. The molecule has 4 heterocycles. The number of para-hydroxylation sites is 1. The molecule has 3 aliphatic heterocycles. The number of nitrogen functional groups attached to an aromatic ring is 1. The van der Waals surface area contributed by atoms with E-state index in [-0.39, 0.29) is 17.1 Å². The first-order valence-electron chi connectivity index (χ1n) is 13.6. The maximum Gasteiger partial charge on any atom is 0.318 e. The molecule has 1 aliphatic carbocycles. The second-order valence-corrected chi connectivity index (χ2v) is 11.1. The number of carbonyl (C=O) groups excluding carboxylic acids is 1. The van der Waals surface area contributed by atoms with Crippen molar-refractivity contribution < 1.29 is 13.9 Å². The number of nitrogens with two attached hydrogens (primary N) is 1. The smallest absolute Gasteiger partial charge is 0.318 e. The number of likely N-dealkylation sites (N-methyl/N-ethyl adjacent to an activating group) is 1. The molecule has 10 heteroatoms. The van der Waals surface area contributed by atoms with E-state index in [0.717, 1.165) is 49.3 Å². The second-order valence-electron chi connectivity index (χ2n) is 11.1. The molecule has 2 saturated heterocycles. The van der Waals surface area contributed by atoms with E-state index in [0.29, 0.717) is 69.3 Å². The Balaban J connectivity index is 1.35. The van der Waals surface area contributed by atoms with Gasteiger partial charge in [0.25, 0.3) is 0 Å². The number of anilines is 3. The third-order valence-electron chi connectivity index (χ3n) is 8.64. The highest BCUT2D eigenvalue weighted by atomic mass is 19.1. The molecule has 1 spiro atoms. The third-order valence-corrected chi connectivity index (χ3v) is 8.64. The average molecular weight is 522 g/mol. The first-order chi connectivity index (χ1) is 18.4. The van der Waals surface area contributed by atoms with Gasteiger partial charge in [-0.1, -0.05) is 12.6 Å². The molecule has 2 N–H and O–H groups in total. The van der Waals surface area contributed by atoms with Crippen LogP contribution in [0.15, 0.2) is 30.9 Å². The molecule has 0 radical (unpaired) electrons.